The molecular formula is C17H14ClN3O4. The van der Waals surface area contributed by atoms with E-state index in [9.17, 15) is 19.7 Å². The van der Waals surface area contributed by atoms with Crippen LogP contribution < -0.4 is 10.6 Å². The normalized spacial score (nSPS) is 13.2. The molecule has 1 fully saturated rings. The molecule has 0 radical (unpaired) electrons. The minimum Gasteiger partial charge on any atom is -0.349 e. The van der Waals surface area contributed by atoms with E-state index in [0.717, 1.165) is 18.9 Å². The highest BCUT2D eigenvalue weighted by molar-refractivity contribution is 6.34. The lowest BCUT2D eigenvalue weighted by atomic mass is 10.1. The van der Waals surface area contributed by atoms with Gasteiger partial charge in [-0.3, -0.25) is 19.7 Å². The van der Waals surface area contributed by atoms with Gasteiger partial charge in [0.2, 0.25) is 0 Å². The molecule has 0 aliphatic heterocycles. The Balaban J connectivity index is 1.68. The van der Waals surface area contributed by atoms with E-state index in [2.05, 4.69) is 10.6 Å². The third-order valence-electron chi connectivity index (χ3n) is 3.73. The molecule has 1 saturated carbocycles. The minimum absolute atomic E-state index is 0.00729. The summed E-state index contributed by atoms with van der Waals surface area (Å²) in [6.45, 7) is 0. The quantitative estimate of drug-likeness (QED) is 0.631. The lowest BCUT2D eigenvalue weighted by molar-refractivity contribution is -0.384. The second-order valence-electron chi connectivity index (χ2n) is 5.70. The minimum atomic E-state index is -0.584. The molecule has 25 heavy (non-hydrogen) atoms. The molecule has 128 valence electrons. The van der Waals surface area contributed by atoms with Gasteiger partial charge in [-0.25, -0.2) is 0 Å². The summed E-state index contributed by atoms with van der Waals surface area (Å²) in [5, 5.41) is 16.2. The number of hydrogen-bond acceptors (Lipinski definition) is 4. The number of rotatable bonds is 5. The molecule has 0 aromatic heterocycles. The number of nitro groups is 1. The average molecular weight is 360 g/mol. The molecule has 1 aliphatic rings. The van der Waals surface area contributed by atoms with Gasteiger partial charge in [0.1, 0.15) is 0 Å². The van der Waals surface area contributed by atoms with Crippen LogP contribution >= 0.6 is 11.6 Å². The number of benzene rings is 2. The topological polar surface area (TPSA) is 101 Å². The van der Waals surface area contributed by atoms with Gasteiger partial charge in [0, 0.05) is 29.4 Å². The van der Waals surface area contributed by atoms with Crippen molar-refractivity contribution in [3.05, 3.63) is 68.7 Å². The smallest absolute Gasteiger partial charge is 0.270 e. The highest BCUT2D eigenvalue weighted by Gasteiger charge is 2.23. The van der Waals surface area contributed by atoms with Crippen molar-refractivity contribution in [3.8, 4) is 0 Å². The van der Waals surface area contributed by atoms with Gasteiger partial charge in [0.25, 0.3) is 17.5 Å². The zero-order valence-corrected chi connectivity index (χ0v) is 13.7. The average Bonchev–Trinajstić information content (AvgIpc) is 3.39. The van der Waals surface area contributed by atoms with Crippen molar-refractivity contribution in [1.82, 2.24) is 5.32 Å². The van der Waals surface area contributed by atoms with Gasteiger partial charge in [-0.15, -0.1) is 0 Å². The summed E-state index contributed by atoms with van der Waals surface area (Å²) in [7, 11) is 0. The van der Waals surface area contributed by atoms with Crippen molar-refractivity contribution in [2.75, 3.05) is 5.32 Å². The number of halogens is 1. The van der Waals surface area contributed by atoms with E-state index in [-0.39, 0.29) is 28.2 Å². The van der Waals surface area contributed by atoms with Gasteiger partial charge in [-0.05, 0) is 43.2 Å². The second kappa shape index (κ2) is 6.90. The molecule has 8 heteroatoms. The van der Waals surface area contributed by atoms with E-state index < -0.39 is 10.8 Å². The Hall–Kier alpha value is -2.93. The molecule has 0 heterocycles. The number of nitrogens with zero attached hydrogens (tertiary/aromatic N) is 1. The van der Waals surface area contributed by atoms with Gasteiger partial charge in [-0.2, -0.15) is 0 Å². The van der Waals surface area contributed by atoms with Crippen molar-refractivity contribution in [2.24, 2.45) is 0 Å². The number of carbonyl (C=O) groups excluding carboxylic acids is 2. The highest BCUT2D eigenvalue weighted by atomic mass is 35.5. The zero-order chi connectivity index (χ0) is 18.0. The lowest BCUT2D eigenvalue weighted by Gasteiger charge is -2.08. The maximum atomic E-state index is 12.2. The fourth-order valence-electron chi connectivity index (χ4n) is 2.20. The molecule has 2 N–H and O–H groups in total. The Morgan fingerprint density at radius 3 is 2.32 bits per heavy atom. The van der Waals surface area contributed by atoms with Crippen LogP contribution in [0.4, 0.5) is 11.4 Å². The molecule has 0 saturated heterocycles. The molecule has 2 aromatic rings. The monoisotopic (exact) mass is 359 g/mol. The molecule has 7 nitrogen and oxygen atoms in total. The first-order valence-corrected chi connectivity index (χ1v) is 7.98. The van der Waals surface area contributed by atoms with Crippen LogP contribution in [0.5, 0.6) is 0 Å². The number of hydrogen-bond donors (Lipinski definition) is 2. The third-order valence-corrected chi connectivity index (χ3v) is 4.04. The first-order valence-electron chi connectivity index (χ1n) is 7.60. The van der Waals surface area contributed by atoms with E-state index in [0.29, 0.717) is 11.3 Å². The fraction of sp³-hybridized carbons (Fsp3) is 0.176. The van der Waals surface area contributed by atoms with Gasteiger partial charge in [-0.1, -0.05) is 11.6 Å². The van der Waals surface area contributed by atoms with Crippen molar-refractivity contribution in [3.63, 3.8) is 0 Å². The zero-order valence-electron chi connectivity index (χ0n) is 13.0. The highest BCUT2D eigenvalue weighted by Crippen LogP contribution is 2.24. The fourth-order valence-corrected chi connectivity index (χ4v) is 2.46. The summed E-state index contributed by atoms with van der Waals surface area (Å²) < 4.78 is 0. The number of carbonyl (C=O) groups is 2. The Morgan fingerprint density at radius 1 is 1.08 bits per heavy atom. The molecule has 3 rings (SSSR count). The Labute approximate surface area is 148 Å². The molecule has 0 bridgehead atoms. The maximum Gasteiger partial charge on any atom is 0.270 e. The molecule has 1 aliphatic carbocycles. The van der Waals surface area contributed by atoms with Crippen LogP contribution in [0.1, 0.15) is 33.6 Å². The molecule has 0 atom stereocenters. The summed E-state index contributed by atoms with van der Waals surface area (Å²) in [5.41, 5.74) is 0.941. The van der Waals surface area contributed by atoms with E-state index in [1.54, 1.807) is 24.3 Å². The van der Waals surface area contributed by atoms with Gasteiger partial charge in [0.15, 0.2) is 0 Å². The van der Waals surface area contributed by atoms with Crippen LogP contribution in [0.3, 0.4) is 0 Å². The first-order chi connectivity index (χ1) is 11.9. The summed E-state index contributed by atoms with van der Waals surface area (Å²) >= 11 is 5.94. The molecule has 2 amide bonds. The summed E-state index contributed by atoms with van der Waals surface area (Å²) in [6, 6.07) is 10.4. The van der Waals surface area contributed by atoms with Gasteiger partial charge < -0.3 is 10.6 Å². The first kappa shape index (κ1) is 16.9. The number of nitrogens with one attached hydrogen (secondary N) is 2. The Kier molecular flexibility index (Phi) is 4.67. The van der Waals surface area contributed by atoms with Gasteiger partial charge in [0.05, 0.1) is 15.5 Å². The number of nitro benzene ring substituents is 1. The van der Waals surface area contributed by atoms with Crippen LogP contribution in [0.25, 0.3) is 0 Å². The van der Waals surface area contributed by atoms with Crippen LogP contribution in [0.2, 0.25) is 5.02 Å². The van der Waals surface area contributed by atoms with Crippen molar-refractivity contribution in [2.45, 2.75) is 18.9 Å². The number of non-ortho nitro benzene ring substituents is 1. The van der Waals surface area contributed by atoms with Crippen LogP contribution in [-0.2, 0) is 0 Å². The van der Waals surface area contributed by atoms with Gasteiger partial charge >= 0.3 is 0 Å². The van der Waals surface area contributed by atoms with Crippen molar-refractivity contribution < 1.29 is 14.5 Å². The van der Waals surface area contributed by atoms with E-state index in [4.69, 9.17) is 11.6 Å². The SMILES string of the molecule is O=C(NC1CC1)c1ccc(NC(=O)c2ccc([N+](=O)[O-])cc2Cl)cc1. The Bertz CT molecular complexity index is 847. The largest absolute Gasteiger partial charge is 0.349 e. The van der Waals surface area contributed by atoms with E-state index >= 15 is 0 Å². The summed E-state index contributed by atoms with van der Waals surface area (Å²) in [4.78, 5) is 34.3. The molecule has 2 aromatic carbocycles. The van der Waals surface area contributed by atoms with Crippen molar-refractivity contribution >= 4 is 34.8 Å². The van der Waals surface area contributed by atoms with Crippen LogP contribution in [-0.4, -0.2) is 22.8 Å². The predicted octanol–water partition coefficient (Wildman–Crippen LogP) is 3.39. The lowest BCUT2D eigenvalue weighted by Crippen LogP contribution is -2.25. The maximum absolute atomic E-state index is 12.2. The second-order valence-corrected chi connectivity index (χ2v) is 6.11. The van der Waals surface area contributed by atoms with Crippen LogP contribution in [0.15, 0.2) is 42.5 Å². The van der Waals surface area contributed by atoms with Crippen molar-refractivity contribution in [1.29, 1.82) is 0 Å². The number of amides is 2. The van der Waals surface area contributed by atoms with E-state index in [1.165, 1.54) is 12.1 Å². The standard InChI is InChI=1S/C17H14ClN3O4/c18-15-9-13(21(24)25)7-8-14(15)17(23)20-11-3-1-10(2-4-11)16(22)19-12-5-6-12/h1-4,7-9,12H,5-6H2,(H,19,22)(H,20,23). The Morgan fingerprint density at radius 2 is 1.76 bits per heavy atom. The third kappa shape index (κ3) is 4.13. The van der Waals surface area contributed by atoms with E-state index in [1.807, 2.05) is 0 Å². The molecular weight excluding hydrogens is 346 g/mol. The van der Waals surface area contributed by atoms with Crippen LogP contribution in [0, 0.1) is 10.1 Å². The predicted molar refractivity (Wildman–Crippen MR) is 93.0 cm³/mol. The number of anilines is 1. The summed E-state index contributed by atoms with van der Waals surface area (Å²) in [6.07, 6.45) is 2.02. The summed E-state index contributed by atoms with van der Waals surface area (Å²) in [5.74, 6) is -0.631. The molecule has 0 unspecified atom stereocenters. The molecule has 0 spiro atoms.